The molecule has 2 aromatic rings. The summed E-state index contributed by atoms with van der Waals surface area (Å²) < 4.78 is 12.3. The SMILES string of the molecule is COCCOc1ccc(NC(=O)c2ccn(C3CCCNC3)n2)cc1.Cl. The fraction of sp³-hybridized carbons (Fsp3) is 0.444. The Balaban J connectivity index is 0.00000243. The highest BCUT2D eigenvalue weighted by Crippen LogP contribution is 2.18. The maximum absolute atomic E-state index is 12.4. The lowest BCUT2D eigenvalue weighted by molar-refractivity contribution is 0.102. The molecule has 1 saturated heterocycles. The van der Waals surface area contributed by atoms with Gasteiger partial charge in [-0.1, -0.05) is 0 Å². The Labute approximate surface area is 159 Å². The lowest BCUT2D eigenvalue weighted by atomic mass is 10.1. The van der Waals surface area contributed by atoms with Gasteiger partial charge in [0.1, 0.15) is 12.4 Å². The van der Waals surface area contributed by atoms with Crippen molar-refractivity contribution in [2.75, 3.05) is 38.7 Å². The van der Waals surface area contributed by atoms with Crippen molar-refractivity contribution in [2.45, 2.75) is 18.9 Å². The summed E-state index contributed by atoms with van der Waals surface area (Å²) in [5.74, 6) is 0.527. The molecule has 1 unspecified atom stereocenters. The van der Waals surface area contributed by atoms with E-state index in [1.54, 1.807) is 13.2 Å². The monoisotopic (exact) mass is 380 g/mol. The number of amides is 1. The maximum Gasteiger partial charge on any atom is 0.276 e. The lowest BCUT2D eigenvalue weighted by Gasteiger charge is -2.22. The van der Waals surface area contributed by atoms with Crippen LogP contribution in [0, 0.1) is 0 Å². The summed E-state index contributed by atoms with van der Waals surface area (Å²) in [6.45, 7) is 2.98. The minimum atomic E-state index is -0.212. The Hall–Kier alpha value is -2.09. The van der Waals surface area contributed by atoms with E-state index >= 15 is 0 Å². The van der Waals surface area contributed by atoms with Crippen LogP contribution in [0.3, 0.4) is 0 Å². The Morgan fingerprint density at radius 1 is 1.31 bits per heavy atom. The third kappa shape index (κ3) is 5.45. The van der Waals surface area contributed by atoms with Crippen molar-refractivity contribution in [1.29, 1.82) is 0 Å². The number of anilines is 1. The van der Waals surface area contributed by atoms with E-state index in [4.69, 9.17) is 9.47 Å². The number of nitrogens with zero attached hydrogens (tertiary/aromatic N) is 2. The third-order valence-corrected chi connectivity index (χ3v) is 4.15. The lowest BCUT2D eigenvalue weighted by Crippen LogP contribution is -2.32. The van der Waals surface area contributed by atoms with Crippen molar-refractivity contribution in [3.63, 3.8) is 0 Å². The van der Waals surface area contributed by atoms with Crippen LogP contribution in [0.4, 0.5) is 5.69 Å². The Bertz CT molecular complexity index is 684. The van der Waals surface area contributed by atoms with Crippen molar-refractivity contribution >= 4 is 24.0 Å². The molecule has 1 aromatic heterocycles. The number of aromatic nitrogens is 2. The van der Waals surface area contributed by atoms with E-state index in [0.29, 0.717) is 30.6 Å². The number of methoxy groups -OCH3 is 1. The molecule has 0 spiro atoms. The first kappa shape index (κ1) is 20.2. The van der Waals surface area contributed by atoms with E-state index < -0.39 is 0 Å². The highest BCUT2D eigenvalue weighted by atomic mass is 35.5. The molecule has 1 amide bonds. The van der Waals surface area contributed by atoms with Crippen molar-refractivity contribution in [3.8, 4) is 5.75 Å². The van der Waals surface area contributed by atoms with E-state index in [0.717, 1.165) is 31.7 Å². The van der Waals surface area contributed by atoms with E-state index in [1.807, 2.05) is 35.1 Å². The van der Waals surface area contributed by atoms with Crippen LogP contribution in [0.2, 0.25) is 0 Å². The molecule has 0 aliphatic carbocycles. The highest BCUT2D eigenvalue weighted by Gasteiger charge is 2.17. The number of nitrogens with one attached hydrogen (secondary N) is 2. The maximum atomic E-state index is 12.4. The van der Waals surface area contributed by atoms with E-state index in [-0.39, 0.29) is 18.3 Å². The van der Waals surface area contributed by atoms with E-state index in [2.05, 4.69) is 15.7 Å². The summed E-state index contributed by atoms with van der Waals surface area (Å²) in [4.78, 5) is 12.4. The number of carbonyl (C=O) groups is 1. The topological polar surface area (TPSA) is 77.4 Å². The average Bonchev–Trinajstić information content (AvgIpc) is 3.14. The Kier molecular flexibility index (Phi) is 7.90. The van der Waals surface area contributed by atoms with Gasteiger partial charge in [-0.05, 0) is 49.7 Å². The van der Waals surface area contributed by atoms with E-state index in [1.165, 1.54) is 0 Å². The molecule has 1 fully saturated rings. The minimum absolute atomic E-state index is 0. The predicted octanol–water partition coefficient (Wildman–Crippen LogP) is 2.51. The van der Waals surface area contributed by atoms with Gasteiger partial charge in [0.2, 0.25) is 0 Å². The number of hydrogen-bond acceptors (Lipinski definition) is 5. The molecule has 1 aromatic carbocycles. The van der Waals surface area contributed by atoms with Crippen LogP contribution < -0.4 is 15.4 Å². The van der Waals surface area contributed by atoms with Crippen molar-refractivity contribution in [3.05, 3.63) is 42.2 Å². The molecule has 1 aliphatic heterocycles. The molecule has 7 nitrogen and oxygen atoms in total. The van der Waals surface area contributed by atoms with Gasteiger partial charge in [-0.25, -0.2) is 0 Å². The number of ether oxygens (including phenoxy) is 2. The van der Waals surface area contributed by atoms with Crippen LogP contribution in [-0.4, -0.2) is 49.1 Å². The minimum Gasteiger partial charge on any atom is -0.491 e. The first-order valence-electron chi connectivity index (χ1n) is 8.55. The Morgan fingerprint density at radius 2 is 2.12 bits per heavy atom. The summed E-state index contributed by atoms with van der Waals surface area (Å²) in [5, 5.41) is 10.6. The summed E-state index contributed by atoms with van der Waals surface area (Å²) in [6.07, 6.45) is 4.09. The third-order valence-electron chi connectivity index (χ3n) is 4.15. The number of benzene rings is 1. The summed E-state index contributed by atoms with van der Waals surface area (Å²) in [7, 11) is 1.63. The fourth-order valence-electron chi connectivity index (χ4n) is 2.79. The van der Waals surface area contributed by atoms with Gasteiger partial charge < -0.3 is 20.1 Å². The second-order valence-corrected chi connectivity index (χ2v) is 6.00. The summed E-state index contributed by atoms with van der Waals surface area (Å²) in [5.41, 5.74) is 1.13. The van der Waals surface area contributed by atoms with Gasteiger partial charge in [0.05, 0.1) is 12.6 Å². The molecule has 2 N–H and O–H groups in total. The molecule has 0 bridgehead atoms. The second-order valence-electron chi connectivity index (χ2n) is 6.00. The molecule has 2 heterocycles. The zero-order valence-electron chi connectivity index (χ0n) is 14.8. The van der Waals surface area contributed by atoms with Crippen LogP contribution in [0.1, 0.15) is 29.4 Å². The molecule has 3 rings (SSSR count). The molecule has 8 heteroatoms. The average molecular weight is 381 g/mol. The van der Waals surface area contributed by atoms with Gasteiger partial charge >= 0.3 is 0 Å². The Morgan fingerprint density at radius 3 is 2.81 bits per heavy atom. The number of halogens is 1. The van der Waals surface area contributed by atoms with Crippen LogP contribution in [-0.2, 0) is 4.74 Å². The molecule has 0 radical (unpaired) electrons. The summed E-state index contributed by atoms with van der Waals surface area (Å²) >= 11 is 0. The quantitative estimate of drug-likeness (QED) is 0.722. The highest BCUT2D eigenvalue weighted by molar-refractivity contribution is 6.02. The van der Waals surface area contributed by atoms with Crippen LogP contribution in [0.15, 0.2) is 36.5 Å². The van der Waals surface area contributed by atoms with Gasteiger partial charge in [0.15, 0.2) is 5.69 Å². The number of rotatable bonds is 7. The smallest absolute Gasteiger partial charge is 0.276 e. The predicted molar refractivity (Wildman–Crippen MR) is 102 cm³/mol. The van der Waals surface area contributed by atoms with Crippen LogP contribution in [0.5, 0.6) is 5.75 Å². The molecular formula is C18H25ClN4O3. The van der Waals surface area contributed by atoms with E-state index in [9.17, 15) is 4.79 Å². The molecule has 1 aliphatic rings. The van der Waals surface area contributed by atoms with Gasteiger partial charge in [-0.15, -0.1) is 12.4 Å². The van der Waals surface area contributed by atoms with Crippen LogP contribution >= 0.6 is 12.4 Å². The second kappa shape index (κ2) is 10.2. The van der Waals surface area contributed by atoms with Gasteiger partial charge in [0.25, 0.3) is 5.91 Å². The van der Waals surface area contributed by atoms with Crippen molar-refractivity contribution < 1.29 is 14.3 Å². The standard InChI is InChI=1S/C18H24N4O3.ClH/c1-24-11-12-25-16-6-4-14(5-7-16)20-18(23)17-8-10-22(21-17)15-3-2-9-19-13-15;/h4-8,10,15,19H,2-3,9,11-13H2,1H3,(H,20,23);1H. The van der Waals surface area contributed by atoms with Crippen LogP contribution in [0.25, 0.3) is 0 Å². The fourth-order valence-corrected chi connectivity index (χ4v) is 2.79. The van der Waals surface area contributed by atoms with Crippen molar-refractivity contribution in [2.24, 2.45) is 0 Å². The summed E-state index contributed by atoms with van der Waals surface area (Å²) in [6, 6.07) is 9.32. The molecule has 0 saturated carbocycles. The first-order chi connectivity index (χ1) is 12.3. The van der Waals surface area contributed by atoms with Crippen molar-refractivity contribution in [1.82, 2.24) is 15.1 Å². The molecule has 142 valence electrons. The van der Waals surface area contributed by atoms with Gasteiger partial charge in [0, 0.05) is 25.5 Å². The zero-order valence-corrected chi connectivity index (χ0v) is 15.6. The molecule has 1 atom stereocenters. The normalized spacial score (nSPS) is 16.6. The first-order valence-corrected chi connectivity index (χ1v) is 8.55. The number of hydrogen-bond donors (Lipinski definition) is 2. The van der Waals surface area contributed by atoms with Gasteiger partial charge in [-0.3, -0.25) is 9.48 Å². The zero-order chi connectivity index (χ0) is 17.5. The number of carbonyl (C=O) groups excluding carboxylic acids is 1. The number of piperidine rings is 1. The molecular weight excluding hydrogens is 356 g/mol. The molecule has 26 heavy (non-hydrogen) atoms. The van der Waals surface area contributed by atoms with Gasteiger partial charge in [-0.2, -0.15) is 5.10 Å². The largest absolute Gasteiger partial charge is 0.491 e.